The van der Waals surface area contributed by atoms with Crippen molar-refractivity contribution in [1.29, 1.82) is 0 Å². The highest BCUT2D eigenvalue weighted by Crippen LogP contribution is 2.17. The molecule has 0 aliphatic heterocycles. The third-order valence-corrected chi connectivity index (χ3v) is 3.99. The lowest BCUT2D eigenvalue weighted by Gasteiger charge is -2.13. The van der Waals surface area contributed by atoms with Gasteiger partial charge in [0.25, 0.3) is 0 Å². The van der Waals surface area contributed by atoms with Gasteiger partial charge in [-0.05, 0) is 91.2 Å². The Labute approximate surface area is 172 Å². The Kier molecular flexibility index (Phi) is 6.46. The van der Waals surface area contributed by atoms with Gasteiger partial charge in [0, 0.05) is 22.7 Å². The summed E-state index contributed by atoms with van der Waals surface area (Å²) >= 11 is 10.5. The second kappa shape index (κ2) is 9.20. The molecule has 0 aliphatic carbocycles. The van der Waals surface area contributed by atoms with Crippen molar-refractivity contribution in [3.8, 4) is 0 Å². The first kappa shape index (κ1) is 19.7. The molecule has 0 unspecified atom stereocenters. The number of halogens is 2. The minimum absolute atomic E-state index is 0.312. The molecule has 28 heavy (non-hydrogen) atoms. The molecule has 0 fully saturated rings. The van der Waals surface area contributed by atoms with E-state index in [4.69, 9.17) is 24.4 Å². The van der Waals surface area contributed by atoms with Crippen LogP contribution in [-0.4, -0.2) is 10.2 Å². The van der Waals surface area contributed by atoms with Gasteiger partial charge >= 0.3 is 0 Å². The third kappa shape index (κ3) is 5.97. The van der Waals surface area contributed by atoms with Crippen LogP contribution in [-0.2, 0) is 0 Å². The summed E-state index contributed by atoms with van der Waals surface area (Å²) in [7, 11) is 0. The lowest BCUT2D eigenvalue weighted by Crippen LogP contribution is -2.20. The molecule has 0 heterocycles. The van der Waals surface area contributed by atoms with Crippen LogP contribution < -0.4 is 21.3 Å². The number of hydrogen-bond donors (Lipinski definition) is 4. The van der Waals surface area contributed by atoms with Gasteiger partial charge in [-0.2, -0.15) is 0 Å². The zero-order valence-electron chi connectivity index (χ0n) is 14.5. The Balaban J connectivity index is 1.57. The second-order valence-electron chi connectivity index (χ2n) is 5.75. The molecule has 142 valence electrons. The van der Waals surface area contributed by atoms with Gasteiger partial charge in [-0.3, -0.25) is 0 Å². The van der Waals surface area contributed by atoms with Crippen molar-refractivity contribution in [2.24, 2.45) is 0 Å². The molecule has 0 saturated carbocycles. The Morgan fingerprint density at radius 1 is 0.536 bits per heavy atom. The van der Waals surface area contributed by atoms with Crippen LogP contribution >= 0.6 is 24.4 Å². The van der Waals surface area contributed by atoms with Crippen LogP contribution in [0.4, 0.5) is 31.5 Å². The van der Waals surface area contributed by atoms with Crippen LogP contribution in [0.2, 0.25) is 0 Å². The molecule has 3 rings (SSSR count). The third-order valence-electron chi connectivity index (χ3n) is 3.58. The number of hydrogen-bond acceptors (Lipinski definition) is 2. The Morgan fingerprint density at radius 2 is 0.893 bits per heavy atom. The van der Waals surface area contributed by atoms with Crippen LogP contribution in [0.1, 0.15) is 0 Å². The molecule has 0 saturated heterocycles. The van der Waals surface area contributed by atoms with E-state index in [0.29, 0.717) is 21.6 Å². The van der Waals surface area contributed by atoms with E-state index >= 15 is 0 Å². The predicted molar refractivity (Wildman–Crippen MR) is 119 cm³/mol. The molecular weight excluding hydrogens is 398 g/mol. The fourth-order valence-corrected chi connectivity index (χ4v) is 2.80. The number of nitrogens with one attached hydrogen (secondary N) is 4. The van der Waals surface area contributed by atoms with Crippen molar-refractivity contribution in [2.75, 3.05) is 21.3 Å². The molecule has 0 aliphatic rings. The van der Waals surface area contributed by atoms with Crippen LogP contribution in [0.3, 0.4) is 0 Å². The van der Waals surface area contributed by atoms with Gasteiger partial charge in [-0.25, -0.2) is 8.78 Å². The lowest BCUT2D eigenvalue weighted by atomic mass is 10.2. The van der Waals surface area contributed by atoms with Crippen molar-refractivity contribution in [3.63, 3.8) is 0 Å². The molecule has 0 bridgehead atoms. The molecule has 0 amide bonds. The molecule has 0 radical (unpaired) electrons. The Morgan fingerprint density at radius 3 is 1.29 bits per heavy atom. The van der Waals surface area contributed by atoms with Gasteiger partial charge in [0.1, 0.15) is 11.6 Å². The second-order valence-corrected chi connectivity index (χ2v) is 6.57. The fourth-order valence-electron chi connectivity index (χ4n) is 2.33. The maximum atomic E-state index is 13.0. The van der Waals surface area contributed by atoms with Gasteiger partial charge in [0.15, 0.2) is 10.2 Å². The first-order chi connectivity index (χ1) is 13.5. The highest BCUT2D eigenvalue weighted by molar-refractivity contribution is 7.81. The van der Waals surface area contributed by atoms with Crippen LogP contribution in [0, 0.1) is 11.6 Å². The SMILES string of the molecule is Fc1ccc(NC(=S)Nc2cccc(NC(=S)Nc3ccc(F)cc3)c2)cc1. The van der Waals surface area contributed by atoms with E-state index in [1.807, 2.05) is 24.3 Å². The van der Waals surface area contributed by atoms with Crippen LogP contribution in [0.25, 0.3) is 0 Å². The summed E-state index contributed by atoms with van der Waals surface area (Å²) in [5.74, 6) is -0.623. The summed E-state index contributed by atoms with van der Waals surface area (Å²) in [6.07, 6.45) is 0. The normalized spacial score (nSPS) is 10.1. The van der Waals surface area contributed by atoms with Crippen molar-refractivity contribution in [1.82, 2.24) is 0 Å². The minimum atomic E-state index is -0.312. The van der Waals surface area contributed by atoms with E-state index in [2.05, 4.69) is 21.3 Å². The maximum Gasteiger partial charge on any atom is 0.175 e. The molecule has 0 aromatic heterocycles. The molecule has 3 aromatic rings. The topological polar surface area (TPSA) is 48.1 Å². The van der Waals surface area contributed by atoms with E-state index in [0.717, 1.165) is 11.4 Å². The summed E-state index contributed by atoms with van der Waals surface area (Å²) in [5, 5.41) is 12.8. The summed E-state index contributed by atoms with van der Waals surface area (Å²) in [5.41, 5.74) is 2.85. The molecule has 0 spiro atoms. The van der Waals surface area contributed by atoms with Gasteiger partial charge in [0.05, 0.1) is 0 Å². The highest BCUT2D eigenvalue weighted by Gasteiger charge is 2.03. The lowest BCUT2D eigenvalue weighted by molar-refractivity contribution is 0.627. The van der Waals surface area contributed by atoms with Gasteiger partial charge in [0.2, 0.25) is 0 Å². The smallest absolute Gasteiger partial charge is 0.175 e. The van der Waals surface area contributed by atoms with Crippen molar-refractivity contribution >= 4 is 57.4 Å². The van der Waals surface area contributed by atoms with E-state index in [9.17, 15) is 8.78 Å². The Hall–Kier alpha value is -3.10. The first-order valence-electron chi connectivity index (χ1n) is 8.25. The number of benzene rings is 3. The summed E-state index contributed by atoms with van der Waals surface area (Å²) < 4.78 is 25.9. The van der Waals surface area contributed by atoms with Crippen molar-refractivity contribution < 1.29 is 8.78 Å². The minimum Gasteiger partial charge on any atom is -0.332 e. The zero-order chi connectivity index (χ0) is 19.9. The molecular formula is C20H16F2N4S2. The molecule has 4 N–H and O–H groups in total. The summed E-state index contributed by atoms with van der Waals surface area (Å²) in [4.78, 5) is 0. The zero-order valence-corrected chi connectivity index (χ0v) is 16.1. The van der Waals surface area contributed by atoms with Gasteiger partial charge in [-0.15, -0.1) is 0 Å². The number of rotatable bonds is 4. The summed E-state index contributed by atoms with van der Waals surface area (Å²) in [6.45, 7) is 0. The average Bonchev–Trinajstić information content (AvgIpc) is 2.66. The first-order valence-corrected chi connectivity index (χ1v) is 9.07. The van der Waals surface area contributed by atoms with Crippen molar-refractivity contribution in [3.05, 3.63) is 84.4 Å². The van der Waals surface area contributed by atoms with E-state index in [1.165, 1.54) is 24.3 Å². The van der Waals surface area contributed by atoms with Crippen LogP contribution in [0.15, 0.2) is 72.8 Å². The average molecular weight is 415 g/mol. The molecule has 3 aromatic carbocycles. The summed E-state index contributed by atoms with van der Waals surface area (Å²) in [6, 6.07) is 19.2. The number of anilines is 4. The van der Waals surface area contributed by atoms with Gasteiger partial charge in [-0.1, -0.05) is 6.07 Å². The monoisotopic (exact) mass is 414 g/mol. The molecule has 0 atom stereocenters. The predicted octanol–water partition coefficient (Wildman–Crippen LogP) is 5.58. The Bertz CT molecular complexity index is 900. The van der Waals surface area contributed by atoms with E-state index in [1.54, 1.807) is 24.3 Å². The van der Waals surface area contributed by atoms with Gasteiger partial charge < -0.3 is 21.3 Å². The van der Waals surface area contributed by atoms with E-state index in [-0.39, 0.29) is 11.6 Å². The van der Waals surface area contributed by atoms with Crippen molar-refractivity contribution in [2.45, 2.75) is 0 Å². The van der Waals surface area contributed by atoms with Crippen LogP contribution in [0.5, 0.6) is 0 Å². The highest BCUT2D eigenvalue weighted by atomic mass is 32.1. The largest absolute Gasteiger partial charge is 0.332 e. The maximum absolute atomic E-state index is 13.0. The quantitative estimate of drug-likeness (QED) is 0.418. The molecule has 4 nitrogen and oxygen atoms in total. The number of thiocarbonyl (C=S) groups is 2. The molecule has 8 heteroatoms. The van der Waals surface area contributed by atoms with E-state index < -0.39 is 0 Å². The fraction of sp³-hybridized carbons (Fsp3) is 0. The standard InChI is InChI=1S/C20H16F2N4S2/c21-13-4-8-15(9-5-13)23-19(27)25-17-2-1-3-18(12-17)26-20(28)24-16-10-6-14(22)7-11-16/h1-12H,(H2,23,25,27)(H2,24,26,28).